The van der Waals surface area contributed by atoms with Crippen molar-refractivity contribution in [1.29, 1.82) is 5.26 Å². The van der Waals surface area contributed by atoms with Gasteiger partial charge in [-0.15, -0.1) is 0 Å². The second-order valence-corrected chi connectivity index (χ2v) is 12.8. The number of hydrogen-bond acceptors (Lipinski definition) is 7. The van der Waals surface area contributed by atoms with Crippen molar-refractivity contribution < 1.29 is 35.5 Å². The molecular weight excluding hydrogens is 700 g/mol. The zero-order valence-electron chi connectivity index (χ0n) is 27.8. The number of nitriles is 1. The Morgan fingerprint density at radius 2 is 1.62 bits per heavy atom. The largest absolute Gasteiger partial charge is 0.744 e. The quantitative estimate of drug-likeness (QED) is 0.177. The molecule has 1 amide bonds. The number of carbonyl (C=O) groups excluding carboxylic acids is 1. The van der Waals surface area contributed by atoms with Crippen LogP contribution in [0.1, 0.15) is 35.3 Å². The van der Waals surface area contributed by atoms with E-state index in [4.69, 9.17) is 0 Å². The molecule has 0 unspecified atom stereocenters. The van der Waals surface area contributed by atoms with Crippen LogP contribution in [-0.2, 0) is 23.3 Å². The number of imidazole rings is 1. The highest BCUT2D eigenvalue weighted by Crippen LogP contribution is 2.32. The lowest BCUT2D eigenvalue weighted by atomic mass is 10.1. The van der Waals surface area contributed by atoms with Gasteiger partial charge in [-0.05, 0) is 80.1 Å². The molecule has 3 aromatic carbocycles. The number of pyridine rings is 1. The van der Waals surface area contributed by atoms with Gasteiger partial charge >= 0.3 is 17.9 Å². The van der Waals surface area contributed by atoms with Gasteiger partial charge in [-0.1, -0.05) is 24.3 Å². The maximum absolute atomic E-state index is 13.9. The lowest BCUT2D eigenvalue weighted by Crippen LogP contribution is -2.38. The highest BCUT2D eigenvalue weighted by molar-refractivity contribution is 7.85. The van der Waals surface area contributed by atoms with Gasteiger partial charge in [0.25, 0.3) is 0 Å². The van der Waals surface area contributed by atoms with E-state index >= 15 is 0 Å². The zero-order valence-corrected chi connectivity index (χ0v) is 28.6. The van der Waals surface area contributed by atoms with Gasteiger partial charge in [-0.2, -0.15) is 23.5 Å². The summed E-state index contributed by atoms with van der Waals surface area (Å²) in [4.78, 5) is 27.5. The van der Waals surface area contributed by atoms with Crippen LogP contribution in [0.25, 0.3) is 22.8 Å². The highest BCUT2D eigenvalue weighted by atomic mass is 32.2. The fourth-order valence-electron chi connectivity index (χ4n) is 5.31. The summed E-state index contributed by atoms with van der Waals surface area (Å²) in [5.74, 6) is 0. The Bertz CT molecular complexity index is 2430. The van der Waals surface area contributed by atoms with Crippen LogP contribution in [0.4, 0.5) is 18.0 Å². The standard InChI is InChI=1S/C30H24F3N7O2.C6H6O3S/c1-19(22-12-15-37(3)16-13-22)36-28(41)39-27(26-11-14-35-40(26)24-9-7-21(18-34)8-10-24)20(2)38(29(39)42)25-6-4-5-23(17-25)30(31,32)33;7-10(8,9)6-4-2-1-3-5-6/h4-17,19H,1-3H3;1-5H,(H,7,8,9)/t19-;/m0./s1. The fraction of sp³-hybridized carbons (Fsp3) is 0.139. The molecule has 0 aliphatic heterocycles. The van der Waals surface area contributed by atoms with Gasteiger partial charge in [0.15, 0.2) is 12.4 Å². The van der Waals surface area contributed by atoms with E-state index in [0.717, 1.165) is 26.8 Å². The molecule has 0 spiro atoms. The molecule has 0 saturated carbocycles. The average molecular weight is 730 g/mol. The monoisotopic (exact) mass is 729 g/mol. The molecule has 3 heterocycles. The normalized spacial score (nSPS) is 12.0. The Balaban J connectivity index is 0.000000452. The van der Waals surface area contributed by atoms with Crippen molar-refractivity contribution in [3.05, 3.63) is 149 Å². The topological polar surface area (TPSA) is 159 Å². The summed E-state index contributed by atoms with van der Waals surface area (Å²) in [6.45, 7) is 3.31. The number of carbonyl (C=O) groups is 1. The molecule has 266 valence electrons. The third kappa shape index (κ3) is 8.01. The predicted molar refractivity (Wildman–Crippen MR) is 181 cm³/mol. The first-order valence-electron chi connectivity index (χ1n) is 15.4. The van der Waals surface area contributed by atoms with E-state index < -0.39 is 39.6 Å². The molecule has 6 aromatic rings. The van der Waals surface area contributed by atoms with E-state index in [1.54, 1.807) is 50.2 Å². The number of aryl methyl sites for hydroxylation is 1. The molecule has 1 N–H and O–H groups in total. The highest BCUT2D eigenvalue weighted by Gasteiger charge is 2.32. The second-order valence-electron chi connectivity index (χ2n) is 11.5. The van der Waals surface area contributed by atoms with Crippen LogP contribution in [0.5, 0.6) is 0 Å². The molecular formula is C36H30F3N7O5S. The number of hydrogen-bond donors (Lipinski definition) is 1. The van der Waals surface area contributed by atoms with Gasteiger partial charge in [0, 0.05) is 12.1 Å². The number of benzene rings is 3. The summed E-state index contributed by atoms with van der Waals surface area (Å²) in [7, 11) is -2.40. The molecule has 16 heteroatoms. The molecule has 1 atom stereocenters. The third-order valence-corrected chi connectivity index (χ3v) is 8.77. The maximum Gasteiger partial charge on any atom is 0.416 e. The molecule has 0 radical (unpaired) electrons. The van der Waals surface area contributed by atoms with E-state index in [1.165, 1.54) is 47.3 Å². The maximum atomic E-state index is 13.9. The molecule has 0 aliphatic carbocycles. The van der Waals surface area contributed by atoms with Gasteiger partial charge in [0.2, 0.25) is 0 Å². The summed E-state index contributed by atoms with van der Waals surface area (Å²) in [6.07, 6.45) is 0.486. The number of amides is 1. The van der Waals surface area contributed by atoms with Crippen LogP contribution < -0.4 is 15.6 Å². The number of aromatic nitrogens is 5. The van der Waals surface area contributed by atoms with E-state index in [9.17, 15) is 41.0 Å². The molecule has 3 aromatic heterocycles. The number of rotatable bonds is 6. The van der Waals surface area contributed by atoms with Gasteiger partial charge in [-0.3, -0.25) is 4.57 Å². The molecule has 0 fully saturated rings. The first-order valence-corrected chi connectivity index (χ1v) is 16.8. The van der Waals surface area contributed by atoms with E-state index in [0.29, 0.717) is 16.9 Å². The van der Waals surface area contributed by atoms with Crippen LogP contribution in [-0.4, -0.2) is 37.9 Å². The number of nitrogens with one attached hydrogen (secondary N) is 1. The van der Waals surface area contributed by atoms with Gasteiger partial charge < -0.3 is 9.87 Å². The minimum Gasteiger partial charge on any atom is -0.744 e. The predicted octanol–water partition coefficient (Wildman–Crippen LogP) is 5.42. The second kappa shape index (κ2) is 14.9. The summed E-state index contributed by atoms with van der Waals surface area (Å²) >= 11 is 0. The smallest absolute Gasteiger partial charge is 0.416 e. The van der Waals surface area contributed by atoms with E-state index in [2.05, 4.69) is 10.4 Å². The van der Waals surface area contributed by atoms with Crippen LogP contribution in [0.15, 0.2) is 125 Å². The van der Waals surface area contributed by atoms with E-state index in [-0.39, 0.29) is 22.0 Å². The minimum absolute atomic E-state index is 0.0480. The molecule has 0 bridgehead atoms. The van der Waals surface area contributed by atoms with Crippen LogP contribution in [0.2, 0.25) is 0 Å². The van der Waals surface area contributed by atoms with Crippen molar-refractivity contribution in [3.63, 3.8) is 0 Å². The van der Waals surface area contributed by atoms with Crippen LogP contribution in [0, 0.1) is 18.3 Å². The number of halogens is 3. The fourth-order valence-corrected chi connectivity index (χ4v) is 5.80. The minimum atomic E-state index is -4.63. The Morgan fingerprint density at radius 3 is 2.19 bits per heavy atom. The lowest BCUT2D eigenvalue weighted by molar-refractivity contribution is -0.671. The number of nitrogens with zero attached hydrogens (tertiary/aromatic N) is 6. The van der Waals surface area contributed by atoms with Crippen LogP contribution in [0.3, 0.4) is 0 Å². The van der Waals surface area contributed by atoms with Crippen LogP contribution >= 0.6 is 0 Å². The van der Waals surface area contributed by atoms with Gasteiger partial charge in [0.1, 0.15) is 22.9 Å². The first kappa shape index (κ1) is 37.0. The number of alkyl halides is 3. The summed E-state index contributed by atoms with van der Waals surface area (Å²) in [5.41, 5.74) is 0.643. The van der Waals surface area contributed by atoms with Crippen molar-refractivity contribution in [2.75, 3.05) is 0 Å². The SMILES string of the molecule is Cc1c(-c2ccnn2-c2ccc(C#N)cc2)n(C(=O)N[C@@H](C)c2cc[n+](C)cc2)c(=O)n1-c1cccc(C(F)(F)F)c1.O=S(=O)([O-])c1ccccc1. The van der Waals surface area contributed by atoms with Crippen molar-refractivity contribution in [3.8, 4) is 28.8 Å². The van der Waals surface area contributed by atoms with Crippen molar-refractivity contribution >= 4 is 16.1 Å². The lowest BCUT2D eigenvalue weighted by Gasteiger charge is -2.15. The van der Waals surface area contributed by atoms with Gasteiger partial charge in [-0.25, -0.2) is 31.8 Å². The first-order chi connectivity index (χ1) is 24.6. The molecule has 0 aliphatic rings. The Kier molecular flexibility index (Phi) is 10.6. The van der Waals surface area contributed by atoms with Crippen molar-refractivity contribution in [2.24, 2.45) is 7.05 Å². The third-order valence-electron chi connectivity index (χ3n) is 7.92. The summed E-state index contributed by atoms with van der Waals surface area (Å²) in [6, 6.07) is 24.1. The van der Waals surface area contributed by atoms with Crippen molar-refractivity contribution in [1.82, 2.24) is 24.2 Å². The average Bonchev–Trinajstić information content (AvgIpc) is 3.70. The van der Waals surface area contributed by atoms with Crippen molar-refractivity contribution in [2.45, 2.75) is 31.0 Å². The Morgan fingerprint density at radius 1 is 0.962 bits per heavy atom. The molecule has 52 heavy (non-hydrogen) atoms. The Hall–Kier alpha value is -6.31. The molecule has 0 saturated heterocycles. The summed E-state index contributed by atoms with van der Waals surface area (Å²) < 4.78 is 76.8. The van der Waals surface area contributed by atoms with E-state index in [1.807, 2.05) is 42.2 Å². The zero-order chi connectivity index (χ0) is 37.8. The molecule has 12 nitrogen and oxygen atoms in total. The Labute approximate surface area is 296 Å². The summed E-state index contributed by atoms with van der Waals surface area (Å²) in [5, 5.41) is 16.4. The molecule has 6 rings (SSSR count). The van der Waals surface area contributed by atoms with Gasteiger partial charge in [0.05, 0.1) is 57.1 Å².